The van der Waals surface area contributed by atoms with Crippen molar-refractivity contribution in [2.45, 2.75) is 256 Å². The maximum atomic E-state index is 13.7. The van der Waals surface area contributed by atoms with E-state index in [2.05, 4.69) is 59.2 Å². The Morgan fingerprint density at radius 1 is 0.476 bits per heavy atom. The van der Waals surface area contributed by atoms with Crippen LogP contribution in [0.3, 0.4) is 0 Å². The molecule has 6 fully saturated rings. The fourth-order valence-electron chi connectivity index (χ4n) is 12.5. The van der Waals surface area contributed by atoms with Gasteiger partial charge in [0.15, 0.2) is 34.7 Å². The third kappa shape index (κ3) is 17.3. The lowest BCUT2D eigenvalue weighted by atomic mass is 9.90. The van der Waals surface area contributed by atoms with Crippen molar-refractivity contribution in [1.82, 2.24) is 10.6 Å². The van der Waals surface area contributed by atoms with Crippen molar-refractivity contribution in [3.63, 3.8) is 0 Å². The van der Waals surface area contributed by atoms with E-state index in [4.69, 9.17) is 61.6 Å². The minimum Gasteiger partial charge on any atom is -0.445 e. The number of nitrogens with one attached hydrogen (secondary N) is 2. The maximum Gasteiger partial charge on any atom is 0.407 e. The predicted molar refractivity (Wildman–Crippen MR) is 307 cm³/mol. The summed E-state index contributed by atoms with van der Waals surface area (Å²) in [4.78, 5) is 25.8. The molecule has 0 radical (unpaired) electrons. The van der Waals surface area contributed by atoms with E-state index in [1.807, 2.05) is 113 Å². The van der Waals surface area contributed by atoms with Crippen LogP contribution in [-0.2, 0) is 85.8 Å². The van der Waals surface area contributed by atoms with Gasteiger partial charge in [-0.2, -0.15) is 0 Å². The van der Waals surface area contributed by atoms with Crippen LogP contribution in [0.25, 0.3) is 11.1 Å². The number of carbonyl (C=O) groups excluding carboxylic acids is 2. The number of aryl methyl sites for hydroxylation is 2. The first kappa shape index (κ1) is 62.5. The Balaban J connectivity index is 0.782. The van der Waals surface area contributed by atoms with Crippen LogP contribution in [0.2, 0.25) is 0 Å². The van der Waals surface area contributed by atoms with Gasteiger partial charge in [0.05, 0.1) is 25.4 Å². The third-order valence-corrected chi connectivity index (χ3v) is 16.3. The molecule has 2 N–H and O–H groups in total. The molecule has 454 valence electrons. The number of benzene rings is 3. The van der Waals surface area contributed by atoms with Gasteiger partial charge in [-0.15, -0.1) is 0 Å². The summed E-state index contributed by atoms with van der Waals surface area (Å²) in [5.74, 6) is -4.59. The van der Waals surface area contributed by atoms with Crippen molar-refractivity contribution in [3.05, 3.63) is 95.6 Å². The zero-order chi connectivity index (χ0) is 58.5. The number of hydrogen-bond donors (Lipinski definition) is 2. The Labute approximate surface area is 487 Å². The first-order chi connectivity index (χ1) is 38.8. The van der Waals surface area contributed by atoms with Crippen LogP contribution >= 0.6 is 0 Å². The van der Waals surface area contributed by atoms with Crippen molar-refractivity contribution in [3.8, 4) is 11.1 Å². The van der Waals surface area contributed by atoms with Crippen LogP contribution in [0, 0.1) is 5.92 Å². The molecule has 10 atom stereocenters. The second-order valence-corrected chi connectivity index (χ2v) is 26.0. The highest BCUT2D eigenvalue weighted by Gasteiger charge is 2.59. The lowest BCUT2D eigenvalue weighted by Crippen LogP contribution is -2.47. The highest BCUT2D eigenvalue weighted by molar-refractivity contribution is 5.76. The Morgan fingerprint density at radius 2 is 0.927 bits per heavy atom. The molecule has 2 amide bonds. The highest BCUT2D eigenvalue weighted by Crippen LogP contribution is 2.45. The van der Waals surface area contributed by atoms with E-state index in [1.165, 1.54) is 5.56 Å². The molecule has 0 saturated carbocycles. The summed E-state index contributed by atoms with van der Waals surface area (Å²) in [7, 11) is 0. The van der Waals surface area contributed by atoms with E-state index >= 15 is 0 Å². The number of carbonyl (C=O) groups is 2. The summed E-state index contributed by atoms with van der Waals surface area (Å²) in [5.41, 5.74) is 5.58. The number of hydrogen-bond acceptors (Lipinski definition) is 15. The van der Waals surface area contributed by atoms with Crippen molar-refractivity contribution < 1.29 is 71.2 Å². The van der Waals surface area contributed by atoms with Gasteiger partial charge in [0.1, 0.15) is 55.4 Å². The molecular formula is C65H94N2O15. The molecule has 6 heterocycles. The summed E-state index contributed by atoms with van der Waals surface area (Å²) < 4.78 is 82.7. The highest BCUT2D eigenvalue weighted by atomic mass is 16.8. The Bertz CT molecular complexity index is 2450. The molecule has 0 aromatic heterocycles. The molecule has 3 aromatic carbocycles. The second kappa shape index (κ2) is 26.3. The van der Waals surface area contributed by atoms with Gasteiger partial charge in [0, 0.05) is 19.5 Å². The van der Waals surface area contributed by atoms with Gasteiger partial charge in [-0.05, 0) is 168 Å². The van der Waals surface area contributed by atoms with E-state index in [0.717, 1.165) is 80.0 Å². The van der Waals surface area contributed by atoms with Gasteiger partial charge >= 0.3 is 6.09 Å². The summed E-state index contributed by atoms with van der Waals surface area (Å²) in [6.45, 7) is 25.3. The molecule has 0 bridgehead atoms. The van der Waals surface area contributed by atoms with Crippen LogP contribution in [0.4, 0.5) is 4.79 Å². The first-order valence-electron chi connectivity index (χ1n) is 30.2. The molecule has 0 unspecified atom stereocenters. The zero-order valence-corrected chi connectivity index (χ0v) is 50.8. The monoisotopic (exact) mass is 1140 g/mol. The van der Waals surface area contributed by atoms with Crippen molar-refractivity contribution >= 4 is 12.0 Å². The van der Waals surface area contributed by atoms with Gasteiger partial charge in [0.2, 0.25) is 5.91 Å². The standard InChI is InChI=1S/C65H94N2O15/c1-60(2)71-40-50(75-60)55-57(81-64(9,10)79-55)53-48(73-62(5,6)77-53)25-18-23-44(24-19-26-49-54(78-63(7,8)74-49)58-56(80-65(11,12)82-58)51-41-72-61(3,4)76-51)38-67-52(68)36-31-43-29-34-47(35-30-43)46-32-27-42(28-33-46)20-16-17-37-66-59(69)70-39-45-21-14-13-15-22-45/h13-15,21-22,27-30,32-35,44,48-51,53-58H,16-20,23-26,31,36-41H2,1-12H3,(H,66,69)(H,67,68)/t48-,49-,50+,51+,53-,54-,55+,56+,57+,58+/m0/s1. The van der Waals surface area contributed by atoms with Crippen molar-refractivity contribution in [2.24, 2.45) is 5.92 Å². The molecule has 9 rings (SSSR count). The largest absolute Gasteiger partial charge is 0.445 e. The number of amides is 2. The fourth-order valence-corrected chi connectivity index (χ4v) is 12.5. The summed E-state index contributed by atoms with van der Waals surface area (Å²) >= 11 is 0. The molecule has 0 aliphatic carbocycles. The minimum absolute atomic E-state index is 0.0220. The summed E-state index contributed by atoms with van der Waals surface area (Å²) in [6, 6.07) is 26.8. The molecule has 6 aliphatic rings. The van der Waals surface area contributed by atoms with Gasteiger partial charge < -0.3 is 72.2 Å². The predicted octanol–water partition coefficient (Wildman–Crippen LogP) is 11.0. The normalized spacial score (nSPS) is 30.6. The van der Waals surface area contributed by atoms with Crippen molar-refractivity contribution in [2.75, 3.05) is 26.3 Å². The van der Waals surface area contributed by atoms with Crippen LogP contribution in [0.1, 0.15) is 158 Å². The van der Waals surface area contributed by atoms with Gasteiger partial charge in [-0.25, -0.2) is 4.79 Å². The first-order valence-corrected chi connectivity index (χ1v) is 30.2. The average Bonchev–Trinajstić information content (AvgIpc) is 4.37. The molecule has 0 spiro atoms. The van der Waals surface area contributed by atoms with E-state index in [0.29, 0.717) is 39.1 Å². The summed E-state index contributed by atoms with van der Waals surface area (Å²) in [6.07, 6.45) is 4.53. The van der Waals surface area contributed by atoms with E-state index in [9.17, 15) is 9.59 Å². The molecule has 82 heavy (non-hydrogen) atoms. The number of rotatable bonds is 25. The molecule has 3 aromatic rings. The van der Waals surface area contributed by atoms with Crippen LogP contribution in [-0.4, -0.2) is 134 Å². The smallest absolute Gasteiger partial charge is 0.407 e. The lowest BCUT2D eigenvalue weighted by Gasteiger charge is -2.29. The van der Waals surface area contributed by atoms with Gasteiger partial charge in [-0.3, -0.25) is 4.79 Å². The molecule has 6 saturated heterocycles. The summed E-state index contributed by atoms with van der Waals surface area (Å²) in [5, 5.41) is 6.18. The Kier molecular flexibility index (Phi) is 20.0. The van der Waals surface area contributed by atoms with Gasteiger partial charge in [0.25, 0.3) is 0 Å². The third-order valence-electron chi connectivity index (χ3n) is 16.3. The zero-order valence-electron chi connectivity index (χ0n) is 50.8. The SMILES string of the molecule is CC1(C)O[C@H]([C@H]2OC(C)(C)O[C@H]2CCCC(CCC[C@@H]2OC(C)(C)O[C@@H]2[C@H]2OC(C)(C)O[C@@H]2[C@H]2COC(C)(C)O2)CNC(=O)CCc2ccc(-c3ccc(CCCCNC(=O)OCc4ccccc4)cc3)cc2)[C@@H]([C@H]2COC(C)(C)O2)O1. The number of unbranched alkanes of at least 4 members (excludes halogenated alkanes) is 1. The Morgan fingerprint density at radius 3 is 1.40 bits per heavy atom. The van der Waals surface area contributed by atoms with E-state index < -0.39 is 77.4 Å². The molecule has 17 nitrogen and oxygen atoms in total. The molecule has 17 heteroatoms. The van der Waals surface area contributed by atoms with Crippen LogP contribution in [0.15, 0.2) is 78.9 Å². The average molecular weight is 1140 g/mol. The second-order valence-electron chi connectivity index (χ2n) is 26.0. The molecule has 6 aliphatic heterocycles. The van der Waals surface area contributed by atoms with Crippen LogP contribution in [0.5, 0.6) is 0 Å². The lowest BCUT2D eigenvalue weighted by molar-refractivity contribution is -0.178. The van der Waals surface area contributed by atoms with Crippen molar-refractivity contribution in [1.29, 1.82) is 0 Å². The topological polar surface area (TPSA) is 178 Å². The Hall–Kier alpha value is -4.08. The van der Waals surface area contributed by atoms with E-state index in [1.54, 1.807) is 0 Å². The van der Waals surface area contributed by atoms with Gasteiger partial charge in [-0.1, -0.05) is 91.7 Å². The quantitative estimate of drug-likeness (QED) is 0.0765. The van der Waals surface area contributed by atoms with E-state index in [-0.39, 0.29) is 42.8 Å². The maximum absolute atomic E-state index is 13.7. The number of ether oxygens (including phenoxy) is 13. The fraction of sp³-hybridized carbons (Fsp3) is 0.692. The van der Waals surface area contributed by atoms with Crippen LogP contribution < -0.4 is 10.6 Å². The minimum atomic E-state index is -0.843. The molecular weight excluding hydrogens is 1050 g/mol. The number of alkyl carbamates (subject to hydrolysis) is 1.